The quantitative estimate of drug-likeness (QED) is 0.607. The molecular weight excluding hydrogens is 431 g/mol. The summed E-state index contributed by atoms with van der Waals surface area (Å²) in [6.07, 6.45) is 0. The maximum atomic E-state index is 13.4. The predicted molar refractivity (Wildman–Crippen MR) is 122 cm³/mol. The van der Waals surface area contributed by atoms with Crippen molar-refractivity contribution in [3.63, 3.8) is 0 Å². The summed E-state index contributed by atoms with van der Waals surface area (Å²) >= 11 is 6.24. The van der Waals surface area contributed by atoms with Gasteiger partial charge < -0.3 is 10.1 Å². The monoisotopic (exact) mass is 456 g/mol. The van der Waals surface area contributed by atoms with Crippen molar-refractivity contribution in [3.05, 3.63) is 81.9 Å². The van der Waals surface area contributed by atoms with E-state index in [1.54, 1.807) is 28.9 Å². The zero-order chi connectivity index (χ0) is 22.7. The second-order valence-electron chi connectivity index (χ2n) is 7.87. The highest BCUT2D eigenvalue weighted by molar-refractivity contribution is 6.31. The smallest absolute Gasteiger partial charge is 0.251 e. The summed E-state index contributed by atoms with van der Waals surface area (Å²) < 4.78 is 20.6. The molecule has 1 saturated heterocycles. The molecule has 1 N–H and O–H groups in total. The van der Waals surface area contributed by atoms with Crippen LogP contribution in [-0.4, -0.2) is 53.4 Å². The van der Waals surface area contributed by atoms with Crippen LogP contribution in [0.15, 0.2) is 48.5 Å². The van der Waals surface area contributed by atoms with Gasteiger partial charge in [-0.25, -0.2) is 9.07 Å². The minimum Gasteiger partial charge on any atom is -0.379 e. The number of halogens is 2. The van der Waals surface area contributed by atoms with Crippen LogP contribution in [0.5, 0.6) is 0 Å². The first-order valence-corrected chi connectivity index (χ1v) is 11.0. The van der Waals surface area contributed by atoms with Gasteiger partial charge in [0.1, 0.15) is 5.82 Å². The Morgan fingerprint density at radius 3 is 2.38 bits per heavy atom. The molecule has 168 valence electrons. The van der Waals surface area contributed by atoms with Crippen molar-refractivity contribution in [2.24, 2.45) is 0 Å². The second-order valence-corrected chi connectivity index (χ2v) is 8.25. The molecule has 1 amide bonds. The van der Waals surface area contributed by atoms with Gasteiger partial charge in [-0.1, -0.05) is 23.7 Å². The molecule has 0 unspecified atom stereocenters. The van der Waals surface area contributed by atoms with Crippen molar-refractivity contribution in [2.45, 2.75) is 19.9 Å². The molecule has 1 aromatic heterocycles. The van der Waals surface area contributed by atoms with Crippen LogP contribution in [0.25, 0.3) is 5.69 Å². The van der Waals surface area contributed by atoms with Gasteiger partial charge in [0, 0.05) is 25.2 Å². The second kappa shape index (κ2) is 9.81. The fraction of sp³-hybridized carbons (Fsp3) is 0.333. The van der Waals surface area contributed by atoms with E-state index < -0.39 is 0 Å². The molecule has 0 aliphatic carbocycles. The average Bonchev–Trinajstić information content (AvgIpc) is 3.08. The number of nitrogens with zero attached hydrogens (tertiary/aromatic N) is 3. The van der Waals surface area contributed by atoms with E-state index in [2.05, 4.69) is 15.3 Å². The fourth-order valence-corrected chi connectivity index (χ4v) is 4.07. The highest BCUT2D eigenvalue weighted by Crippen LogP contribution is 2.23. The third-order valence-corrected chi connectivity index (χ3v) is 6.32. The Hall–Kier alpha value is -2.74. The fourth-order valence-electron chi connectivity index (χ4n) is 3.95. The Morgan fingerprint density at radius 1 is 1.12 bits per heavy atom. The van der Waals surface area contributed by atoms with Gasteiger partial charge in [-0.2, -0.15) is 5.10 Å². The minimum absolute atomic E-state index is 0.0560. The van der Waals surface area contributed by atoms with Crippen LogP contribution in [0, 0.1) is 19.7 Å². The van der Waals surface area contributed by atoms with Crippen molar-refractivity contribution < 1.29 is 13.9 Å². The molecule has 0 saturated carbocycles. The zero-order valence-electron chi connectivity index (χ0n) is 18.1. The summed E-state index contributed by atoms with van der Waals surface area (Å²) in [5.41, 5.74) is 3.98. The first-order chi connectivity index (χ1) is 15.4. The number of rotatable bonds is 6. The first-order valence-electron chi connectivity index (χ1n) is 10.6. The van der Waals surface area contributed by atoms with Crippen LogP contribution >= 0.6 is 11.6 Å². The summed E-state index contributed by atoms with van der Waals surface area (Å²) in [4.78, 5) is 15.1. The number of morpholine rings is 1. The molecule has 3 aromatic rings. The van der Waals surface area contributed by atoms with Crippen LogP contribution in [0.4, 0.5) is 4.39 Å². The summed E-state index contributed by atoms with van der Waals surface area (Å²) in [5, 5.41) is 8.12. The molecule has 1 aliphatic rings. The van der Waals surface area contributed by atoms with E-state index in [0.29, 0.717) is 30.3 Å². The number of hydrogen-bond donors (Lipinski definition) is 1. The number of ether oxygens (including phenoxy) is 1. The molecule has 32 heavy (non-hydrogen) atoms. The van der Waals surface area contributed by atoms with E-state index in [1.165, 1.54) is 12.1 Å². The van der Waals surface area contributed by atoms with Gasteiger partial charge in [-0.05, 0) is 55.8 Å². The molecule has 1 fully saturated rings. The Bertz CT molecular complexity index is 1080. The van der Waals surface area contributed by atoms with Crippen LogP contribution < -0.4 is 5.32 Å². The third kappa shape index (κ3) is 4.85. The lowest BCUT2D eigenvalue weighted by molar-refractivity contribution is 0.0162. The summed E-state index contributed by atoms with van der Waals surface area (Å²) in [6.45, 7) is 6.99. The zero-order valence-corrected chi connectivity index (χ0v) is 18.9. The Balaban J connectivity index is 1.46. The largest absolute Gasteiger partial charge is 0.379 e. The van der Waals surface area contributed by atoms with Gasteiger partial charge in [0.2, 0.25) is 0 Å². The van der Waals surface area contributed by atoms with E-state index in [-0.39, 0.29) is 17.8 Å². The number of hydrogen-bond acceptors (Lipinski definition) is 4. The Kier molecular flexibility index (Phi) is 6.89. The number of benzene rings is 2. The van der Waals surface area contributed by atoms with E-state index in [1.807, 2.05) is 26.0 Å². The number of nitrogens with one attached hydrogen (secondary N) is 1. The summed E-state index contributed by atoms with van der Waals surface area (Å²) in [7, 11) is 0. The number of carbonyl (C=O) groups excluding carboxylic acids is 1. The highest BCUT2D eigenvalue weighted by atomic mass is 35.5. The van der Waals surface area contributed by atoms with Gasteiger partial charge in [0.15, 0.2) is 0 Å². The predicted octanol–water partition coefficient (Wildman–Crippen LogP) is 4.08. The highest BCUT2D eigenvalue weighted by Gasteiger charge is 2.23. The van der Waals surface area contributed by atoms with Gasteiger partial charge in [-0.3, -0.25) is 9.69 Å². The van der Waals surface area contributed by atoms with Crippen LogP contribution in [-0.2, 0) is 4.74 Å². The first kappa shape index (κ1) is 22.5. The van der Waals surface area contributed by atoms with E-state index in [9.17, 15) is 9.18 Å². The molecule has 8 heteroatoms. The van der Waals surface area contributed by atoms with Crippen molar-refractivity contribution in [3.8, 4) is 5.69 Å². The third-order valence-electron chi connectivity index (χ3n) is 5.77. The number of amides is 1. The van der Waals surface area contributed by atoms with Gasteiger partial charge in [-0.15, -0.1) is 0 Å². The summed E-state index contributed by atoms with van der Waals surface area (Å²) in [5.74, 6) is -0.439. The van der Waals surface area contributed by atoms with Crippen molar-refractivity contribution in [1.82, 2.24) is 20.0 Å². The van der Waals surface area contributed by atoms with Crippen LogP contribution in [0.3, 0.4) is 0 Å². The lowest BCUT2D eigenvalue weighted by atomic mass is 10.0. The van der Waals surface area contributed by atoms with Crippen LogP contribution in [0.1, 0.15) is 33.4 Å². The molecule has 1 aliphatic heterocycles. The number of aromatic nitrogens is 2. The molecule has 2 heterocycles. The average molecular weight is 457 g/mol. The summed E-state index contributed by atoms with van der Waals surface area (Å²) in [6, 6.07) is 13.6. The Morgan fingerprint density at radius 2 is 1.78 bits per heavy atom. The standard InChI is InChI=1S/C24H26ClFN4O2/c1-16-23(25)17(2)30(28-16)21-9-5-19(6-10-21)24(31)27-15-22(29-11-13-32-14-12-29)18-3-7-20(26)8-4-18/h3-10,22H,11-15H2,1-2H3,(H,27,31)/t22-/m1/s1. The van der Waals surface area contributed by atoms with Gasteiger partial charge in [0.05, 0.1) is 41.4 Å². The van der Waals surface area contributed by atoms with Gasteiger partial charge >= 0.3 is 0 Å². The maximum Gasteiger partial charge on any atom is 0.251 e. The number of aryl methyl sites for hydroxylation is 1. The lowest BCUT2D eigenvalue weighted by Gasteiger charge is -2.35. The van der Waals surface area contributed by atoms with Crippen molar-refractivity contribution in [1.29, 1.82) is 0 Å². The maximum absolute atomic E-state index is 13.4. The van der Waals surface area contributed by atoms with Crippen molar-refractivity contribution in [2.75, 3.05) is 32.8 Å². The minimum atomic E-state index is -0.275. The molecule has 0 spiro atoms. The molecule has 0 radical (unpaired) electrons. The molecule has 0 bridgehead atoms. The van der Waals surface area contributed by atoms with E-state index >= 15 is 0 Å². The SMILES string of the molecule is Cc1nn(-c2ccc(C(=O)NC[C@H](c3ccc(F)cc3)N3CCOCC3)cc2)c(C)c1Cl. The van der Waals surface area contributed by atoms with Gasteiger partial charge in [0.25, 0.3) is 5.91 Å². The number of carbonyl (C=O) groups is 1. The molecule has 2 aromatic carbocycles. The van der Waals surface area contributed by atoms with E-state index in [4.69, 9.17) is 16.3 Å². The Labute approximate surface area is 191 Å². The lowest BCUT2D eigenvalue weighted by Crippen LogP contribution is -2.43. The normalized spacial score (nSPS) is 15.5. The molecule has 6 nitrogen and oxygen atoms in total. The molecule has 1 atom stereocenters. The molecule has 4 rings (SSSR count). The molecular formula is C24H26ClFN4O2. The van der Waals surface area contributed by atoms with Crippen molar-refractivity contribution >= 4 is 17.5 Å². The topological polar surface area (TPSA) is 59.4 Å². The van der Waals surface area contributed by atoms with E-state index in [0.717, 1.165) is 35.7 Å². The van der Waals surface area contributed by atoms with Crippen LogP contribution in [0.2, 0.25) is 5.02 Å².